The Morgan fingerprint density at radius 2 is 2.08 bits per heavy atom. The topological polar surface area (TPSA) is 92.4 Å². The van der Waals surface area contributed by atoms with Gasteiger partial charge in [-0.15, -0.1) is 11.8 Å². The molecule has 1 heterocycles. The average molecular weight is 360 g/mol. The molecule has 1 fully saturated rings. The highest BCUT2D eigenvalue weighted by Gasteiger charge is 2.30. The zero-order valence-electron chi connectivity index (χ0n) is 13.7. The van der Waals surface area contributed by atoms with Gasteiger partial charge in [0.15, 0.2) is 0 Å². The van der Waals surface area contributed by atoms with Crippen molar-refractivity contribution in [3.05, 3.63) is 42.3 Å². The number of carbonyl (C=O) groups is 2. The van der Waals surface area contributed by atoms with Crippen molar-refractivity contribution in [3.8, 4) is 11.5 Å². The number of nitrogens with zero attached hydrogens (tertiary/aromatic N) is 1. The number of hydrogen-bond acceptors (Lipinski definition) is 5. The van der Waals surface area contributed by atoms with Gasteiger partial charge in [-0.05, 0) is 31.4 Å². The van der Waals surface area contributed by atoms with E-state index < -0.39 is 5.97 Å². The standard InChI is InChI=1S/C18H20N2O4S/c21-16(19-14-7-6-13(8-14)18(22)23)11-25-10-15-9-24-17(20-15)12-4-2-1-3-5-12/h1-5,9,13-14H,6-8,10-11H2,(H,19,21)(H,22,23)/t13-,14+/m0/s1. The summed E-state index contributed by atoms with van der Waals surface area (Å²) < 4.78 is 5.47. The summed E-state index contributed by atoms with van der Waals surface area (Å²) in [5.74, 6) is 0.323. The molecule has 6 nitrogen and oxygen atoms in total. The molecule has 7 heteroatoms. The van der Waals surface area contributed by atoms with Crippen molar-refractivity contribution in [2.24, 2.45) is 5.92 Å². The molecule has 2 aromatic rings. The number of hydrogen-bond donors (Lipinski definition) is 2. The number of oxazole rings is 1. The zero-order chi connectivity index (χ0) is 17.6. The Bertz CT molecular complexity index is 732. The maximum absolute atomic E-state index is 12.0. The van der Waals surface area contributed by atoms with E-state index in [1.165, 1.54) is 11.8 Å². The first-order valence-electron chi connectivity index (χ1n) is 8.21. The first kappa shape index (κ1) is 17.5. The van der Waals surface area contributed by atoms with Crippen molar-refractivity contribution >= 4 is 23.6 Å². The highest BCUT2D eigenvalue weighted by molar-refractivity contribution is 7.99. The number of nitrogens with one attached hydrogen (secondary N) is 1. The minimum absolute atomic E-state index is 0.0223. The van der Waals surface area contributed by atoms with E-state index in [1.54, 1.807) is 6.26 Å². The number of carboxylic acid groups (broad SMARTS) is 1. The molecule has 3 rings (SSSR count). The third-order valence-corrected chi connectivity index (χ3v) is 5.17. The molecular formula is C18H20N2O4S. The fraction of sp³-hybridized carbons (Fsp3) is 0.389. The van der Waals surface area contributed by atoms with Gasteiger partial charge in [0.1, 0.15) is 6.26 Å². The Morgan fingerprint density at radius 3 is 2.80 bits per heavy atom. The lowest BCUT2D eigenvalue weighted by Gasteiger charge is -2.11. The molecule has 2 atom stereocenters. The minimum atomic E-state index is -0.772. The van der Waals surface area contributed by atoms with Crippen molar-refractivity contribution in [2.45, 2.75) is 31.1 Å². The van der Waals surface area contributed by atoms with Gasteiger partial charge in [-0.25, -0.2) is 4.98 Å². The lowest BCUT2D eigenvalue weighted by atomic mass is 10.1. The molecule has 0 aliphatic heterocycles. The second kappa shape index (κ2) is 8.20. The number of amides is 1. The third-order valence-electron chi connectivity index (χ3n) is 4.20. The van der Waals surface area contributed by atoms with Crippen molar-refractivity contribution < 1.29 is 19.1 Å². The minimum Gasteiger partial charge on any atom is -0.481 e. The smallest absolute Gasteiger partial charge is 0.306 e. The second-order valence-electron chi connectivity index (χ2n) is 6.12. The van der Waals surface area contributed by atoms with Crippen LogP contribution in [0.25, 0.3) is 11.5 Å². The predicted octanol–water partition coefficient (Wildman–Crippen LogP) is 2.94. The van der Waals surface area contributed by atoms with Crippen LogP contribution >= 0.6 is 11.8 Å². The number of carbonyl (C=O) groups excluding carboxylic acids is 1. The number of thioether (sulfide) groups is 1. The fourth-order valence-electron chi connectivity index (χ4n) is 2.94. The number of aliphatic carboxylic acids is 1. The van der Waals surface area contributed by atoms with Gasteiger partial charge in [-0.2, -0.15) is 0 Å². The number of rotatable bonds is 7. The normalized spacial score (nSPS) is 19.7. The van der Waals surface area contributed by atoms with Gasteiger partial charge < -0.3 is 14.8 Å². The van der Waals surface area contributed by atoms with Crippen LogP contribution < -0.4 is 5.32 Å². The summed E-state index contributed by atoms with van der Waals surface area (Å²) in [5, 5.41) is 11.9. The maximum atomic E-state index is 12.0. The largest absolute Gasteiger partial charge is 0.481 e. The molecule has 0 bridgehead atoms. The van der Waals surface area contributed by atoms with E-state index in [-0.39, 0.29) is 17.9 Å². The highest BCUT2D eigenvalue weighted by Crippen LogP contribution is 2.26. The second-order valence-corrected chi connectivity index (χ2v) is 7.10. The van der Waals surface area contributed by atoms with Crippen LogP contribution in [0.5, 0.6) is 0 Å². The van der Waals surface area contributed by atoms with Crippen LogP contribution in [0.15, 0.2) is 41.0 Å². The van der Waals surface area contributed by atoms with Crippen LogP contribution in [-0.2, 0) is 15.3 Å². The van der Waals surface area contributed by atoms with Gasteiger partial charge in [-0.3, -0.25) is 9.59 Å². The molecule has 0 radical (unpaired) electrons. The SMILES string of the molecule is O=C(CSCc1coc(-c2ccccc2)n1)N[C@@H]1CC[C@H](C(=O)O)C1. The lowest BCUT2D eigenvalue weighted by molar-refractivity contribution is -0.141. The summed E-state index contributed by atoms with van der Waals surface area (Å²) in [6.07, 6.45) is 3.50. The van der Waals surface area contributed by atoms with E-state index in [4.69, 9.17) is 9.52 Å². The molecule has 1 aliphatic rings. The molecular weight excluding hydrogens is 340 g/mol. The van der Waals surface area contributed by atoms with Crippen LogP contribution in [-0.4, -0.2) is 33.8 Å². The Morgan fingerprint density at radius 1 is 1.28 bits per heavy atom. The summed E-state index contributed by atoms with van der Waals surface area (Å²) in [4.78, 5) is 27.3. The summed E-state index contributed by atoms with van der Waals surface area (Å²) in [6, 6.07) is 9.63. The molecule has 0 spiro atoms. The Hall–Kier alpha value is -2.28. The molecule has 0 saturated heterocycles. The monoisotopic (exact) mass is 360 g/mol. The number of benzene rings is 1. The maximum Gasteiger partial charge on any atom is 0.306 e. The van der Waals surface area contributed by atoms with Crippen LogP contribution in [0.1, 0.15) is 25.0 Å². The number of carboxylic acids is 1. The Balaban J connectivity index is 1.40. The zero-order valence-corrected chi connectivity index (χ0v) is 14.5. The van der Waals surface area contributed by atoms with E-state index in [0.29, 0.717) is 30.2 Å². The molecule has 132 valence electrons. The third kappa shape index (κ3) is 4.85. The molecule has 1 amide bonds. The van der Waals surface area contributed by atoms with Crippen molar-refractivity contribution in [3.63, 3.8) is 0 Å². The number of aromatic nitrogens is 1. The molecule has 1 aromatic heterocycles. The van der Waals surface area contributed by atoms with Crippen LogP contribution in [0, 0.1) is 5.92 Å². The van der Waals surface area contributed by atoms with Gasteiger partial charge in [-0.1, -0.05) is 18.2 Å². The first-order valence-corrected chi connectivity index (χ1v) is 9.37. The van der Waals surface area contributed by atoms with E-state index in [1.807, 2.05) is 30.3 Å². The molecule has 2 N–H and O–H groups in total. The quantitative estimate of drug-likeness (QED) is 0.789. The molecule has 1 saturated carbocycles. The summed E-state index contributed by atoms with van der Waals surface area (Å²) in [6.45, 7) is 0. The molecule has 0 unspecified atom stereocenters. The Kier molecular flexibility index (Phi) is 5.75. The Labute approximate surface area is 150 Å². The molecule has 1 aromatic carbocycles. The van der Waals surface area contributed by atoms with Gasteiger partial charge in [0.05, 0.1) is 17.4 Å². The lowest BCUT2D eigenvalue weighted by Crippen LogP contribution is -2.34. The van der Waals surface area contributed by atoms with Gasteiger partial charge in [0, 0.05) is 17.4 Å². The molecule has 25 heavy (non-hydrogen) atoms. The van der Waals surface area contributed by atoms with Crippen LogP contribution in [0.3, 0.4) is 0 Å². The van der Waals surface area contributed by atoms with E-state index >= 15 is 0 Å². The van der Waals surface area contributed by atoms with Gasteiger partial charge in [0.2, 0.25) is 11.8 Å². The van der Waals surface area contributed by atoms with E-state index in [0.717, 1.165) is 17.7 Å². The van der Waals surface area contributed by atoms with E-state index in [9.17, 15) is 9.59 Å². The van der Waals surface area contributed by atoms with Gasteiger partial charge >= 0.3 is 5.97 Å². The van der Waals surface area contributed by atoms with Crippen molar-refractivity contribution in [2.75, 3.05) is 5.75 Å². The highest BCUT2D eigenvalue weighted by atomic mass is 32.2. The van der Waals surface area contributed by atoms with Gasteiger partial charge in [0.25, 0.3) is 0 Å². The van der Waals surface area contributed by atoms with Crippen LogP contribution in [0.2, 0.25) is 0 Å². The summed E-state index contributed by atoms with van der Waals surface area (Å²) >= 11 is 1.46. The van der Waals surface area contributed by atoms with Crippen LogP contribution in [0.4, 0.5) is 0 Å². The predicted molar refractivity (Wildman–Crippen MR) is 95.0 cm³/mol. The summed E-state index contributed by atoms with van der Waals surface area (Å²) in [5.41, 5.74) is 1.72. The van der Waals surface area contributed by atoms with E-state index in [2.05, 4.69) is 10.3 Å². The summed E-state index contributed by atoms with van der Waals surface area (Å²) in [7, 11) is 0. The van der Waals surface area contributed by atoms with Crippen molar-refractivity contribution in [1.29, 1.82) is 0 Å². The molecule has 1 aliphatic carbocycles. The average Bonchev–Trinajstić information content (AvgIpc) is 3.25. The first-order chi connectivity index (χ1) is 12.1. The van der Waals surface area contributed by atoms with Crippen molar-refractivity contribution in [1.82, 2.24) is 10.3 Å². The fourth-order valence-corrected chi connectivity index (χ4v) is 3.65.